The number of benzene rings is 2. The molecule has 0 atom stereocenters. The summed E-state index contributed by atoms with van der Waals surface area (Å²) in [5.41, 5.74) is 7.80. The van der Waals surface area contributed by atoms with Crippen LogP contribution in [0.25, 0.3) is 0 Å². The number of amides is 1. The van der Waals surface area contributed by atoms with E-state index in [1.165, 1.54) is 12.8 Å². The van der Waals surface area contributed by atoms with Crippen molar-refractivity contribution in [2.24, 2.45) is 0 Å². The molecule has 0 spiro atoms. The molecule has 2 aromatic carbocycles. The molecule has 1 fully saturated rings. The third kappa shape index (κ3) is 3.99. The minimum atomic E-state index is -0.183. The lowest BCUT2D eigenvalue weighted by Gasteiger charge is -2.34. The van der Waals surface area contributed by atoms with Crippen LogP contribution in [-0.4, -0.2) is 32.1 Å². The van der Waals surface area contributed by atoms with Crippen molar-refractivity contribution in [3.05, 3.63) is 53.1 Å². The summed E-state index contributed by atoms with van der Waals surface area (Å²) >= 11 is 6.05. The van der Waals surface area contributed by atoms with Crippen LogP contribution in [0.1, 0.15) is 23.2 Å². The standard InChI is InChI=1S/C19H22ClN3O2/c1-25-18-12-17(21)16(20)11-15(18)19(24)22-13-7-9-23(10-8-13)14-5-3-2-4-6-14/h2-6,11-13H,7-10,21H2,1H3,(H,22,24). The van der Waals surface area contributed by atoms with Crippen LogP contribution in [0.4, 0.5) is 11.4 Å². The van der Waals surface area contributed by atoms with Crippen molar-refractivity contribution in [1.82, 2.24) is 5.32 Å². The highest BCUT2D eigenvalue weighted by molar-refractivity contribution is 6.33. The number of piperidine rings is 1. The van der Waals surface area contributed by atoms with E-state index in [0.29, 0.717) is 22.0 Å². The van der Waals surface area contributed by atoms with Gasteiger partial charge in [0, 0.05) is 30.9 Å². The second-order valence-corrected chi connectivity index (χ2v) is 6.55. The van der Waals surface area contributed by atoms with E-state index in [1.807, 2.05) is 18.2 Å². The predicted octanol–water partition coefficient (Wildman–Crippen LogP) is 3.33. The van der Waals surface area contributed by atoms with Gasteiger partial charge in [0.2, 0.25) is 0 Å². The second kappa shape index (κ2) is 7.66. The monoisotopic (exact) mass is 359 g/mol. The smallest absolute Gasteiger partial charge is 0.255 e. The highest BCUT2D eigenvalue weighted by Gasteiger charge is 2.23. The summed E-state index contributed by atoms with van der Waals surface area (Å²) in [6.07, 6.45) is 1.79. The Morgan fingerprint density at radius 3 is 2.56 bits per heavy atom. The Labute approximate surface area is 152 Å². The van der Waals surface area contributed by atoms with E-state index in [-0.39, 0.29) is 11.9 Å². The fourth-order valence-corrected chi connectivity index (χ4v) is 3.26. The molecule has 3 rings (SSSR count). The SMILES string of the molecule is COc1cc(N)c(Cl)cc1C(=O)NC1CCN(c2ccccc2)CC1. The highest BCUT2D eigenvalue weighted by Crippen LogP contribution is 2.29. The molecule has 5 nitrogen and oxygen atoms in total. The lowest BCUT2D eigenvalue weighted by Crippen LogP contribution is -2.44. The Bertz CT molecular complexity index is 744. The first-order valence-electron chi connectivity index (χ1n) is 8.32. The Hall–Kier alpha value is -2.40. The number of halogens is 1. The molecule has 0 unspecified atom stereocenters. The number of rotatable bonds is 4. The molecule has 0 radical (unpaired) electrons. The molecule has 1 aliphatic rings. The van der Waals surface area contributed by atoms with Gasteiger partial charge in [-0.05, 0) is 31.0 Å². The van der Waals surface area contributed by atoms with Crippen molar-refractivity contribution in [3.63, 3.8) is 0 Å². The Balaban J connectivity index is 1.62. The molecule has 1 heterocycles. The summed E-state index contributed by atoms with van der Waals surface area (Å²) in [7, 11) is 1.51. The molecule has 1 amide bonds. The van der Waals surface area contributed by atoms with Gasteiger partial charge in [-0.1, -0.05) is 29.8 Å². The number of hydrogen-bond donors (Lipinski definition) is 2. The van der Waals surface area contributed by atoms with Crippen molar-refractivity contribution in [2.45, 2.75) is 18.9 Å². The van der Waals surface area contributed by atoms with Gasteiger partial charge >= 0.3 is 0 Å². The zero-order valence-electron chi connectivity index (χ0n) is 14.2. The van der Waals surface area contributed by atoms with Crippen LogP contribution < -0.4 is 20.7 Å². The molecule has 0 saturated carbocycles. The highest BCUT2D eigenvalue weighted by atomic mass is 35.5. The van der Waals surface area contributed by atoms with E-state index in [0.717, 1.165) is 25.9 Å². The summed E-state index contributed by atoms with van der Waals surface area (Å²) in [6.45, 7) is 1.82. The van der Waals surface area contributed by atoms with Crippen LogP contribution in [0, 0.1) is 0 Å². The number of carbonyl (C=O) groups is 1. The number of nitrogens with one attached hydrogen (secondary N) is 1. The van der Waals surface area contributed by atoms with Gasteiger partial charge in [0.25, 0.3) is 5.91 Å². The van der Waals surface area contributed by atoms with Crippen LogP contribution in [0.3, 0.4) is 0 Å². The summed E-state index contributed by atoms with van der Waals surface area (Å²) in [4.78, 5) is 14.9. The fraction of sp³-hybridized carbons (Fsp3) is 0.316. The van der Waals surface area contributed by atoms with Gasteiger partial charge in [0.05, 0.1) is 23.4 Å². The lowest BCUT2D eigenvalue weighted by molar-refractivity contribution is 0.0928. The summed E-state index contributed by atoms with van der Waals surface area (Å²) in [5.74, 6) is 0.248. The number of carbonyl (C=O) groups excluding carboxylic acids is 1. The molecule has 0 bridgehead atoms. The van der Waals surface area contributed by atoms with E-state index < -0.39 is 0 Å². The number of hydrogen-bond acceptors (Lipinski definition) is 4. The number of nitrogens with two attached hydrogens (primary N) is 1. The first-order valence-corrected chi connectivity index (χ1v) is 8.70. The van der Waals surface area contributed by atoms with Crippen LogP contribution in [-0.2, 0) is 0 Å². The quantitative estimate of drug-likeness (QED) is 0.822. The molecule has 2 aromatic rings. The number of nitrogens with zero attached hydrogens (tertiary/aromatic N) is 1. The minimum Gasteiger partial charge on any atom is -0.496 e. The Kier molecular flexibility index (Phi) is 5.34. The first-order chi connectivity index (χ1) is 12.1. The Morgan fingerprint density at radius 1 is 1.24 bits per heavy atom. The fourth-order valence-electron chi connectivity index (χ4n) is 3.10. The summed E-state index contributed by atoms with van der Waals surface area (Å²) < 4.78 is 5.26. The van der Waals surface area contributed by atoms with Crippen molar-refractivity contribution >= 4 is 28.9 Å². The molecule has 25 heavy (non-hydrogen) atoms. The number of nitrogen functional groups attached to an aromatic ring is 1. The van der Waals surface area contributed by atoms with Crippen molar-refractivity contribution < 1.29 is 9.53 Å². The van der Waals surface area contributed by atoms with Gasteiger partial charge in [-0.2, -0.15) is 0 Å². The predicted molar refractivity (Wildman–Crippen MR) is 102 cm³/mol. The molecule has 1 saturated heterocycles. The van der Waals surface area contributed by atoms with Gasteiger partial charge in [-0.25, -0.2) is 0 Å². The van der Waals surface area contributed by atoms with E-state index in [9.17, 15) is 4.79 Å². The molecule has 3 N–H and O–H groups in total. The average Bonchev–Trinajstić information content (AvgIpc) is 2.65. The van der Waals surface area contributed by atoms with E-state index >= 15 is 0 Å². The van der Waals surface area contributed by atoms with Crippen molar-refractivity contribution in [3.8, 4) is 5.75 Å². The largest absolute Gasteiger partial charge is 0.496 e. The third-order valence-electron chi connectivity index (χ3n) is 4.51. The average molecular weight is 360 g/mol. The van der Waals surface area contributed by atoms with Crippen LogP contribution in [0.15, 0.2) is 42.5 Å². The zero-order valence-corrected chi connectivity index (χ0v) is 14.9. The lowest BCUT2D eigenvalue weighted by atomic mass is 10.0. The van der Waals surface area contributed by atoms with Crippen LogP contribution >= 0.6 is 11.6 Å². The van der Waals surface area contributed by atoms with E-state index in [1.54, 1.807) is 12.1 Å². The molecular formula is C19H22ClN3O2. The van der Waals surface area contributed by atoms with E-state index in [2.05, 4.69) is 22.3 Å². The van der Waals surface area contributed by atoms with Crippen molar-refractivity contribution in [1.29, 1.82) is 0 Å². The van der Waals surface area contributed by atoms with Gasteiger partial charge in [0.1, 0.15) is 5.75 Å². The second-order valence-electron chi connectivity index (χ2n) is 6.14. The van der Waals surface area contributed by atoms with Gasteiger partial charge in [-0.3, -0.25) is 4.79 Å². The minimum absolute atomic E-state index is 0.133. The van der Waals surface area contributed by atoms with Crippen LogP contribution in [0.2, 0.25) is 5.02 Å². The number of methoxy groups -OCH3 is 1. The molecule has 132 valence electrons. The maximum Gasteiger partial charge on any atom is 0.255 e. The Morgan fingerprint density at radius 2 is 1.92 bits per heavy atom. The van der Waals surface area contributed by atoms with E-state index in [4.69, 9.17) is 22.1 Å². The molecule has 0 aromatic heterocycles. The van der Waals surface area contributed by atoms with Crippen molar-refractivity contribution in [2.75, 3.05) is 30.8 Å². The maximum atomic E-state index is 12.6. The summed E-state index contributed by atoms with van der Waals surface area (Å²) in [6, 6.07) is 13.6. The zero-order chi connectivity index (χ0) is 17.8. The maximum absolute atomic E-state index is 12.6. The summed E-state index contributed by atoms with van der Waals surface area (Å²) in [5, 5.41) is 3.44. The normalized spacial score (nSPS) is 15.0. The van der Waals surface area contributed by atoms with Crippen LogP contribution in [0.5, 0.6) is 5.75 Å². The molecule has 6 heteroatoms. The van der Waals surface area contributed by atoms with Gasteiger partial charge in [0.15, 0.2) is 0 Å². The van der Waals surface area contributed by atoms with Gasteiger partial charge in [-0.15, -0.1) is 0 Å². The number of ether oxygens (including phenoxy) is 1. The number of para-hydroxylation sites is 1. The third-order valence-corrected chi connectivity index (χ3v) is 4.84. The van der Waals surface area contributed by atoms with Gasteiger partial charge < -0.3 is 20.7 Å². The molecular weight excluding hydrogens is 338 g/mol. The first kappa shape index (κ1) is 17.4. The number of anilines is 2. The molecule has 0 aliphatic carbocycles. The topological polar surface area (TPSA) is 67.6 Å². The molecule has 1 aliphatic heterocycles.